The Morgan fingerprint density at radius 1 is 1.50 bits per heavy atom. The summed E-state index contributed by atoms with van der Waals surface area (Å²) in [5.41, 5.74) is -1.36. The Hall–Kier alpha value is -2.48. The number of ketones is 1. The van der Waals surface area contributed by atoms with Gasteiger partial charge in [0.1, 0.15) is 17.1 Å². The molecule has 0 bridgehead atoms. The van der Waals surface area contributed by atoms with Gasteiger partial charge in [0.05, 0.1) is 4.92 Å². The maximum Gasteiger partial charge on any atom is 0.350 e. The lowest BCUT2D eigenvalue weighted by molar-refractivity contribution is -0.380. The minimum absolute atomic E-state index is 0.0898. The zero-order valence-electron chi connectivity index (χ0n) is 10.3. The number of carbonyl (C=O) groups excluding carboxylic acids is 1. The molecule has 2 heterocycles. The monoisotopic (exact) mass is 295 g/mol. The molecular weight excluding hydrogens is 286 g/mol. The van der Waals surface area contributed by atoms with Gasteiger partial charge in [-0.3, -0.25) is 14.9 Å². The first-order valence-electron chi connectivity index (χ1n) is 5.48. The van der Waals surface area contributed by atoms with Crippen LogP contribution in [0.5, 0.6) is 5.75 Å². The lowest BCUT2D eigenvalue weighted by atomic mass is 10.1. The zero-order valence-corrected chi connectivity index (χ0v) is 11.1. The van der Waals surface area contributed by atoms with E-state index in [1.165, 1.54) is 25.1 Å². The molecule has 2 aromatic heterocycles. The molecule has 1 N–H and O–H groups in total. The average molecular weight is 295 g/mol. The quantitative estimate of drug-likeness (QED) is 0.525. The van der Waals surface area contributed by atoms with E-state index in [2.05, 4.69) is 0 Å². The van der Waals surface area contributed by atoms with Crippen molar-refractivity contribution in [1.82, 2.24) is 0 Å². The standard InChI is InChI=1S/C12H9NO6S/c1-6-4-8(14)11(12(16)19-6)9(15)5-7-2-3-10(20-7)13(17)18/h2-4,14H,5H2,1H3. The SMILES string of the molecule is Cc1cc(O)c(C(=O)Cc2ccc([N+](=O)[O-])s2)c(=O)o1. The summed E-state index contributed by atoms with van der Waals surface area (Å²) in [5, 5.41) is 20.1. The number of rotatable bonds is 4. The molecule has 0 aromatic carbocycles. The molecular formula is C12H9NO6S. The first-order valence-corrected chi connectivity index (χ1v) is 6.30. The van der Waals surface area contributed by atoms with Crippen LogP contribution in [0.25, 0.3) is 0 Å². The summed E-state index contributed by atoms with van der Waals surface area (Å²) >= 11 is 0.845. The number of hydrogen-bond donors (Lipinski definition) is 1. The zero-order chi connectivity index (χ0) is 14.9. The number of hydrogen-bond acceptors (Lipinski definition) is 7. The second kappa shape index (κ2) is 5.25. The fourth-order valence-electron chi connectivity index (χ4n) is 1.66. The third-order valence-corrected chi connectivity index (χ3v) is 3.53. The van der Waals surface area contributed by atoms with Gasteiger partial charge in [-0.1, -0.05) is 11.3 Å². The Morgan fingerprint density at radius 2 is 2.20 bits per heavy atom. The minimum atomic E-state index is -0.918. The molecule has 0 atom stereocenters. The number of nitro groups is 1. The molecule has 2 rings (SSSR count). The van der Waals surface area contributed by atoms with Crippen molar-refractivity contribution < 1.29 is 19.2 Å². The maximum absolute atomic E-state index is 12.0. The number of nitrogens with zero attached hydrogens (tertiary/aromatic N) is 1. The molecule has 2 aromatic rings. The summed E-state index contributed by atoms with van der Waals surface area (Å²) in [6, 6.07) is 3.89. The Kier molecular flexibility index (Phi) is 3.66. The van der Waals surface area contributed by atoms with Crippen LogP contribution < -0.4 is 5.63 Å². The topological polar surface area (TPSA) is 111 Å². The molecule has 0 aliphatic rings. The first-order chi connectivity index (χ1) is 9.38. The Bertz CT molecular complexity index is 745. The van der Waals surface area contributed by atoms with Crippen LogP contribution in [0, 0.1) is 17.0 Å². The first kappa shape index (κ1) is 13.9. The molecule has 8 heteroatoms. The number of thiophene rings is 1. The van der Waals surface area contributed by atoms with E-state index in [4.69, 9.17) is 4.42 Å². The molecule has 0 unspecified atom stereocenters. The summed E-state index contributed by atoms with van der Waals surface area (Å²) in [4.78, 5) is 33.9. The van der Waals surface area contributed by atoms with Crippen LogP contribution >= 0.6 is 11.3 Å². The highest BCUT2D eigenvalue weighted by atomic mass is 32.1. The van der Waals surface area contributed by atoms with Crippen LogP contribution in [0.2, 0.25) is 0 Å². The molecule has 0 saturated carbocycles. The number of aryl methyl sites for hydroxylation is 1. The van der Waals surface area contributed by atoms with Crippen LogP contribution in [0.15, 0.2) is 27.4 Å². The lowest BCUT2D eigenvalue weighted by Crippen LogP contribution is -2.16. The third-order valence-electron chi connectivity index (χ3n) is 2.49. The van der Waals surface area contributed by atoms with Crippen molar-refractivity contribution in [2.75, 3.05) is 0 Å². The van der Waals surface area contributed by atoms with Crippen LogP contribution in [0.1, 0.15) is 21.0 Å². The Labute approximate surface area is 116 Å². The molecule has 0 saturated heterocycles. The van der Waals surface area contributed by atoms with Crippen molar-refractivity contribution in [3.8, 4) is 5.75 Å². The summed E-state index contributed by atoms with van der Waals surface area (Å²) in [7, 11) is 0. The van der Waals surface area contributed by atoms with Crippen LogP contribution in [0.3, 0.4) is 0 Å². The van der Waals surface area contributed by atoms with Crippen LogP contribution in [-0.4, -0.2) is 15.8 Å². The van der Waals surface area contributed by atoms with Gasteiger partial charge >= 0.3 is 10.6 Å². The number of aromatic hydroxyl groups is 1. The molecule has 0 spiro atoms. The largest absolute Gasteiger partial charge is 0.507 e. The van der Waals surface area contributed by atoms with Crippen LogP contribution in [-0.2, 0) is 6.42 Å². The van der Waals surface area contributed by atoms with Gasteiger partial charge in [0.25, 0.3) is 0 Å². The van der Waals surface area contributed by atoms with E-state index in [9.17, 15) is 24.8 Å². The van der Waals surface area contributed by atoms with Crippen molar-refractivity contribution >= 4 is 22.1 Å². The highest BCUT2D eigenvalue weighted by Gasteiger charge is 2.20. The summed E-state index contributed by atoms with van der Waals surface area (Å²) in [6.45, 7) is 1.47. The summed E-state index contributed by atoms with van der Waals surface area (Å²) in [6.07, 6.45) is -0.208. The number of carbonyl (C=O) groups is 1. The van der Waals surface area contributed by atoms with Crippen LogP contribution in [0.4, 0.5) is 5.00 Å². The normalized spacial score (nSPS) is 10.4. The van der Waals surface area contributed by atoms with Gasteiger partial charge in [-0.05, 0) is 13.0 Å². The summed E-state index contributed by atoms with van der Waals surface area (Å²) in [5.74, 6) is -0.904. The van der Waals surface area contributed by atoms with E-state index in [1.54, 1.807) is 0 Å². The van der Waals surface area contributed by atoms with Gasteiger partial charge in [-0.15, -0.1) is 0 Å². The van der Waals surface area contributed by atoms with Crippen molar-refractivity contribution in [2.45, 2.75) is 13.3 Å². The van der Waals surface area contributed by atoms with Gasteiger partial charge in [0.2, 0.25) is 0 Å². The molecule has 7 nitrogen and oxygen atoms in total. The Balaban J connectivity index is 2.28. The van der Waals surface area contributed by atoms with E-state index in [0.29, 0.717) is 4.88 Å². The lowest BCUT2D eigenvalue weighted by Gasteiger charge is -2.01. The fraction of sp³-hybridized carbons (Fsp3) is 0.167. The fourth-order valence-corrected chi connectivity index (χ4v) is 2.48. The molecule has 0 aliphatic heterocycles. The van der Waals surface area contributed by atoms with Gasteiger partial charge in [0, 0.05) is 23.4 Å². The van der Waals surface area contributed by atoms with Gasteiger partial charge in [-0.2, -0.15) is 0 Å². The van der Waals surface area contributed by atoms with E-state index < -0.39 is 27.6 Å². The van der Waals surface area contributed by atoms with Crippen molar-refractivity contribution in [1.29, 1.82) is 0 Å². The molecule has 0 fully saturated rings. The molecule has 20 heavy (non-hydrogen) atoms. The third kappa shape index (κ3) is 2.75. The molecule has 0 aliphatic carbocycles. The van der Waals surface area contributed by atoms with Crippen molar-refractivity contribution in [3.63, 3.8) is 0 Å². The van der Waals surface area contributed by atoms with E-state index in [-0.39, 0.29) is 17.2 Å². The van der Waals surface area contributed by atoms with E-state index in [1.807, 2.05) is 0 Å². The second-order valence-corrected chi connectivity index (χ2v) is 5.15. The predicted octanol–water partition coefficient (Wildman–Crippen LogP) is 2.05. The summed E-state index contributed by atoms with van der Waals surface area (Å²) < 4.78 is 4.75. The van der Waals surface area contributed by atoms with Crippen molar-refractivity contribution in [3.05, 3.63) is 54.9 Å². The van der Waals surface area contributed by atoms with Gasteiger partial charge in [0.15, 0.2) is 5.78 Å². The average Bonchev–Trinajstić information content (AvgIpc) is 2.75. The minimum Gasteiger partial charge on any atom is -0.507 e. The highest BCUT2D eigenvalue weighted by molar-refractivity contribution is 7.15. The number of Topliss-reactive ketones (excluding diaryl/α,β-unsaturated/α-hetero) is 1. The molecule has 0 radical (unpaired) electrons. The Morgan fingerprint density at radius 3 is 2.75 bits per heavy atom. The maximum atomic E-state index is 12.0. The second-order valence-electron chi connectivity index (χ2n) is 4.00. The molecule has 104 valence electrons. The van der Waals surface area contributed by atoms with Gasteiger partial charge in [-0.25, -0.2) is 4.79 Å². The molecule has 0 amide bonds. The highest BCUT2D eigenvalue weighted by Crippen LogP contribution is 2.25. The van der Waals surface area contributed by atoms with E-state index >= 15 is 0 Å². The smallest absolute Gasteiger partial charge is 0.350 e. The van der Waals surface area contributed by atoms with Gasteiger partial charge < -0.3 is 9.52 Å². The van der Waals surface area contributed by atoms with Crippen molar-refractivity contribution in [2.24, 2.45) is 0 Å². The predicted molar refractivity (Wildman–Crippen MR) is 70.4 cm³/mol. The van der Waals surface area contributed by atoms with E-state index in [0.717, 1.165) is 11.3 Å².